The first kappa shape index (κ1) is 47.7. The van der Waals surface area contributed by atoms with Crippen LogP contribution in [0.2, 0.25) is 0 Å². The molecule has 4 aliphatic rings. The number of rotatable bonds is 12. The van der Waals surface area contributed by atoms with Crippen molar-refractivity contribution in [3.05, 3.63) is 125 Å². The second-order valence-electron chi connectivity index (χ2n) is 20.0. The summed E-state index contributed by atoms with van der Waals surface area (Å²) < 4.78 is 4.63. The summed E-state index contributed by atoms with van der Waals surface area (Å²) in [6.45, 7) is 15.5. The molecule has 12 heteroatoms. The number of carboxylic acid groups (broad SMARTS) is 1. The number of carbonyl (C=O) groups is 2. The molecule has 0 bridgehead atoms. The maximum Gasteiger partial charge on any atom is 0.306 e. The molecule has 68 heavy (non-hydrogen) atoms. The van der Waals surface area contributed by atoms with Crippen LogP contribution in [-0.2, 0) is 17.9 Å². The summed E-state index contributed by atoms with van der Waals surface area (Å²) in [4.78, 5) is 39.4. The first-order valence-corrected chi connectivity index (χ1v) is 25.2. The molecule has 2 aliphatic heterocycles. The number of benzene rings is 4. The molecule has 2 aromatic heterocycles. The maximum absolute atomic E-state index is 12.9. The van der Waals surface area contributed by atoms with Gasteiger partial charge in [0.25, 0.3) is 5.91 Å². The molecule has 3 N–H and O–H groups in total. The van der Waals surface area contributed by atoms with E-state index in [-0.39, 0.29) is 17.9 Å². The number of anilines is 2. The van der Waals surface area contributed by atoms with Crippen molar-refractivity contribution >= 4 is 51.5 Å². The van der Waals surface area contributed by atoms with E-state index in [0.29, 0.717) is 30.4 Å². The van der Waals surface area contributed by atoms with E-state index in [9.17, 15) is 14.7 Å². The number of aryl methyl sites for hydroxylation is 1. The van der Waals surface area contributed by atoms with Gasteiger partial charge in [-0.05, 0) is 175 Å². The summed E-state index contributed by atoms with van der Waals surface area (Å²) in [7, 11) is 0. The SMILES string of the molecule is C=C(Nc1nc2ccc(CN3CCCCC3)cc2n1C1CCC(C)CC1)c1cccc(C)c1.O=C(Nc1nc2ccc(CN3CCCCC3)cc2n1C1CCC(C(=O)O)CC1)c1ccccc1.[Es]. The molecular formula is C56H70EsN8O3. The van der Waals surface area contributed by atoms with Crippen LogP contribution in [0.3, 0.4) is 0 Å². The molecule has 363 valence electrons. The van der Waals surface area contributed by atoms with E-state index in [0.717, 1.165) is 78.7 Å². The molecule has 2 saturated heterocycles. The van der Waals surface area contributed by atoms with E-state index in [2.05, 4.69) is 105 Å². The van der Waals surface area contributed by atoms with Gasteiger partial charge in [0.15, 0.2) is 0 Å². The van der Waals surface area contributed by atoms with Crippen LogP contribution in [0.25, 0.3) is 27.8 Å². The van der Waals surface area contributed by atoms with Gasteiger partial charge in [-0.2, -0.15) is 0 Å². The van der Waals surface area contributed by atoms with Crippen molar-refractivity contribution in [1.29, 1.82) is 0 Å². The van der Waals surface area contributed by atoms with Crippen molar-refractivity contribution < 1.29 is 14.7 Å². The molecule has 1 amide bonds. The molecule has 0 unspecified atom stereocenters. The number of piperidine rings is 2. The predicted octanol–water partition coefficient (Wildman–Crippen LogP) is 12.3. The zero-order valence-electron chi connectivity index (χ0n) is 40.1. The maximum atomic E-state index is 12.9. The van der Waals surface area contributed by atoms with Gasteiger partial charge in [0, 0.05) is 36.4 Å². The fourth-order valence-electron chi connectivity index (χ4n) is 11.0. The Bertz CT molecular complexity index is 2650. The van der Waals surface area contributed by atoms with Crippen molar-refractivity contribution in [2.24, 2.45) is 11.8 Å². The second-order valence-corrected chi connectivity index (χ2v) is 20.0. The van der Waals surface area contributed by atoms with Crippen LogP contribution in [0.1, 0.15) is 142 Å². The van der Waals surface area contributed by atoms with Crippen molar-refractivity contribution in [2.45, 2.75) is 129 Å². The van der Waals surface area contributed by atoms with Gasteiger partial charge in [-0.1, -0.05) is 80.4 Å². The number of hydrogen-bond donors (Lipinski definition) is 3. The Balaban J connectivity index is 0.000000181. The van der Waals surface area contributed by atoms with Crippen LogP contribution in [0.5, 0.6) is 0 Å². The molecule has 10 rings (SSSR count). The first-order valence-electron chi connectivity index (χ1n) is 25.2. The Morgan fingerprint density at radius 1 is 0.618 bits per heavy atom. The van der Waals surface area contributed by atoms with Gasteiger partial charge in [-0.3, -0.25) is 24.7 Å². The number of carboxylic acids is 1. The third-order valence-corrected chi connectivity index (χ3v) is 14.9. The summed E-state index contributed by atoms with van der Waals surface area (Å²) in [5.74, 6) is 1.11. The van der Waals surface area contributed by atoms with Crippen molar-refractivity contribution in [3.8, 4) is 0 Å². The fraction of sp³-hybridized carbons (Fsp3) is 0.464. The molecule has 2 aliphatic carbocycles. The Morgan fingerprint density at radius 3 is 1.63 bits per heavy atom. The number of imidazole rings is 2. The molecular weight excluding hydrogens is 1080 g/mol. The summed E-state index contributed by atoms with van der Waals surface area (Å²) in [5.41, 5.74) is 10.7. The van der Waals surface area contributed by atoms with E-state index >= 15 is 0 Å². The zero-order valence-corrected chi connectivity index (χ0v) is 42.6. The third kappa shape index (κ3) is 11.3. The quantitative estimate of drug-likeness (QED) is 0.111. The second kappa shape index (κ2) is 21.9. The van der Waals surface area contributed by atoms with E-state index in [1.165, 1.54) is 99.5 Å². The van der Waals surface area contributed by atoms with Gasteiger partial charge in [-0.15, -0.1) is 0 Å². The van der Waals surface area contributed by atoms with Gasteiger partial charge in [0.1, 0.15) is 0 Å². The summed E-state index contributed by atoms with van der Waals surface area (Å²) in [6, 6.07) is 31.6. The van der Waals surface area contributed by atoms with Gasteiger partial charge in [0.05, 0.1) is 28.0 Å². The minimum atomic E-state index is -0.713. The number of nitrogens with zero attached hydrogens (tertiary/aromatic N) is 6. The van der Waals surface area contributed by atoms with E-state index in [1.54, 1.807) is 12.1 Å². The number of amides is 1. The Hall–Kier alpha value is -6.78. The number of carbonyl (C=O) groups excluding carboxylic acids is 1. The fourth-order valence-corrected chi connectivity index (χ4v) is 11.0. The third-order valence-electron chi connectivity index (χ3n) is 14.9. The number of aliphatic carboxylic acids is 1. The topological polar surface area (TPSA) is 121 Å². The van der Waals surface area contributed by atoms with Gasteiger partial charge in [-0.25, -0.2) is 9.97 Å². The number of hydrogen-bond acceptors (Lipinski definition) is 7. The van der Waals surface area contributed by atoms with Crippen molar-refractivity contribution in [2.75, 3.05) is 36.8 Å². The standard InChI is InChI=1S/C29H38N4.C27H32N4O3.Es/c1-21-10-13-26(14-11-21)33-28-19-24(20-32-16-5-4-6-17-32)12-15-27(28)31-29(33)30-23(3)25-9-7-8-22(2)18-25;32-25(20-7-3-1-4-8-20)29-27-28-23-14-9-19(18-30-15-5-2-6-16-30)17-24(23)31(27)22-12-10-21(11-13-22)26(33)34;/h7-9,12,15,18-19,21,26H,3-6,10-11,13-14,16-17,20H2,1-2H3,(H,30,31);1,3-4,7-9,14,17,21-22H,2,5-6,10-13,15-16,18H2,(H,33,34)(H,28,29,32);. The molecule has 0 atom stereocenters. The number of likely N-dealkylation sites (tertiary alicyclic amines) is 2. The van der Waals surface area contributed by atoms with E-state index in [1.807, 2.05) is 24.3 Å². The average Bonchev–Trinajstić information content (AvgIpc) is 3.89. The van der Waals surface area contributed by atoms with Gasteiger partial charge in [0.2, 0.25) is 11.9 Å². The molecule has 4 fully saturated rings. The molecule has 0 spiro atoms. The average molecular weight is 1160 g/mol. The summed E-state index contributed by atoms with van der Waals surface area (Å²) >= 11 is 0. The van der Waals surface area contributed by atoms with Crippen LogP contribution in [0.4, 0.5) is 11.9 Å². The van der Waals surface area contributed by atoms with E-state index in [4.69, 9.17) is 9.97 Å². The predicted molar refractivity (Wildman–Crippen MR) is 271 cm³/mol. The number of nitrogens with one attached hydrogen (secondary N) is 2. The van der Waals surface area contributed by atoms with Crippen molar-refractivity contribution in [1.82, 2.24) is 28.9 Å². The van der Waals surface area contributed by atoms with Crippen LogP contribution >= 0.6 is 0 Å². The van der Waals surface area contributed by atoms with Crippen LogP contribution < -0.4 is 10.6 Å². The molecule has 2 saturated carbocycles. The minimum Gasteiger partial charge on any atom is -0.481 e. The monoisotopic (exact) mass is 1150 g/mol. The van der Waals surface area contributed by atoms with Gasteiger partial charge < -0.3 is 19.6 Å². The minimum absolute atomic E-state index is 0. The molecule has 6 aromatic rings. The number of fused-ring (bicyclic) bond motifs is 2. The first-order chi connectivity index (χ1) is 32.6. The van der Waals surface area contributed by atoms with E-state index < -0.39 is 5.97 Å². The van der Waals surface area contributed by atoms with Crippen LogP contribution in [0, 0.1) is 18.8 Å². The summed E-state index contributed by atoms with van der Waals surface area (Å²) in [6.07, 6.45) is 15.7. The molecule has 4 heterocycles. The van der Waals surface area contributed by atoms with Crippen LogP contribution in [-0.4, -0.2) is 72.1 Å². The number of aromatic nitrogens is 4. The molecule has 4 aromatic carbocycles. The Kier molecular flexibility index (Phi) is 15.4. The smallest absolute Gasteiger partial charge is 0.306 e. The molecule has 1 radical (unpaired) electrons. The molecule has 11 nitrogen and oxygen atoms in total. The van der Waals surface area contributed by atoms with Gasteiger partial charge >= 0.3 is 5.97 Å². The van der Waals surface area contributed by atoms with Crippen molar-refractivity contribution in [3.63, 3.8) is 0 Å². The Morgan fingerprint density at radius 2 is 1.12 bits per heavy atom. The summed E-state index contributed by atoms with van der Waals surface area (Å²) in [5, 5.41) is 16.1. The largest absolute Gasteiger partial charge is 0.481 e. The zero-order chi connectivity index (χ0) is 46.3. The Labute approximate surface area is 396 Å². The van der Waals surface area contributed by atoms with Crippen LogP contribution in [0.15, 0.2) is 97.6 Å². The normalized spacial score (nSPS) is 21.3.